The lowest BCUT2D eigenvalue weighted by Crippen LogP contribution is -2.48. The van der Waals surface area contributed by atoms with Gasteiger partial charge in [-0.2, -0.15) is 17.5 Å². The molecule has 1 heterocycles. The maximum Gasteiger partial charge on any atom is 0.405 e. The summed E-state index contributed by atoms with van der Waals surface area (Å²) in [6, 6.07) is 10.1. The number of sulfonamides is 1. The highest BCUT2D eigenvalue weighted by atomic mass is 35.5. The predicted molar refractivity (Wildman–Crippen MR) is 120 cm³/mol. The van der Waals surface area contributed by atoms with Gasteiger partial charge in [-0.05, 0) is 61.2 Å². The van der Waals surface area contributed by atoms with Crippen molar-refractivity contribution in [1.29, 1.82) is 0 Å². The van der Waals surface area contributed by atoms with Gasteiger partial charge >= 0.3 is 6.18 Å². The van der Waals surface area contributed by atoms with E-state index in [2.05, 4.69) is 5.32 Å². The number of nitrogens with zero attached hydrogens (tertiary/aromatic N) is 1. The minimum Gasteiger partial charge on any atom is -0.355 e. The Morgan fingerprint density at radius 2 is 1.74 bits per heavy atom. The summed E-state index contributed by atoms with van der Waals surface area (Å²) in [7, 11) is -4.11. The van der Waals surface area contributed by atoms with Gasteiger partial charge in [-0.25, -0.2) is 8.42 Å². The van der Waals surface area contributed by atoms with Crippen molar-refractivity contribution in [1.82, 2.24) is 14.9 Å². The van der Waals surface area contributed by atoms with Crippen LogP contribution >= 0.6 is 11.6 Å². The third-order valence-electron chi connectivity index (χ3n) is 5.28. The Kier molecular flexibility index (Phi) is 8.21. The molecule has 2 aromatic carbocycles. The van der Waals surface area contributed by atoms with Crippen molar-refractivity contribution in [3.8, 4) is 0 Å². The number of amides is 2. The van der Waals surface area contributed by atoms with E-state index in [1.165, 1.54) is 48.5 Å². The van der Waals surface area contributed by atoms with Crippen LogP contribution in [0.25, 0.3) is 0 Å². The second-order valence-corrected chi connectivity index (χ2v) is 10.1. The Morgan fingerprint density at radius 1 is 1.09 bits per heavy atom. The fourth-order valence-electron chi connectivity index (χ4n) is 3.53. The van der Waals surface area contributed by atoms with Crippen molar-refractivity contribution >= 4 is 33.4 Å². The maximum absolute atomic E-state index is 13.5. The highest BCUT2D eigenvalue weighted by molar-refractivity contribution is 7.89. The third kappa shape index (κ3) is 6.71. The van der Waals surface area contributed by atoms with Crippen molar-refractivity contribution in [2.75, 3.05) is 13.1 Å². The molecule has 0 aliphatic carbocycles. The number of rotatable bonds is 7. The van der Waals surface area contributed by atoms with Crippen LogP contribution in [0.5, 0.6) is 0 Å². The van der Waals surface area contributed by atoms with Crippen LogP contribution < -0.4 is 10.6 Å². The zero-order valence-electron chi connectivity index (χ0n) is 17.9. The standard InChI is InChI=1S/C22H23ClF3N3O4S/c23-17-8-10-18(11-9-17)34(32,33)29(19-3-1-2-12-27-21(19)31)13-15-4-6-16(7-5-15)20(30)28-14-22(24,25)26/h4-11,19H,1-3,12-14H2,(H,27,31)(H,28,30)/t19-/m1/s1. The summed E-state index contributed by atoms with van der Waals surface area (Å²) in [4.78, 5) is 24.6. The van der Waals surface area contributed by atoms with Gasteiger partial charge in [0.1, 0.15) is 12.6 Å². The molecule has 0 spiro atoms. The molecule has 1 atom stereocenters. The van der Waals surface area contributed by atoms with Crippen LogP contribution in [0.3, 0.4) is 0 Å². The molecule has 1 fully saturated rings. The molecule has 1 aliphatic rings. The van der Waals surface area contributed by atoms with E-state index in [1.54, 1.807) is 5.32 Å². The SMILES string of the molecule is O=C(NCC(F)(F)F)c1ccc(CN([C@@H]2CCCCNC2=O)S(=O)(=O)c2ccc(Cl)cc2)cc1. The molecule has 7 nitrogen and oxygen atoms in total. The van der Waals surface area contributed by atoms with Gasteiger partial charge in [0.25, 0.3) is 5.91 Å². The molecule has 2 N–H and O–H groups in total. The van der Waals surface area contributed by atoms with Crippen LogP contribution in [0.4, 0.5) is 13.2 Å². The number of hydrogen-bond acceptors (Lipinski definition) is 4. The van der Waals surface area contributed by atoms with E-state index in [1.807, 2.05) is 0 Å². The molecular weight excluding hydrogens is 495 g/mol. The summed E-state index contributed by atoms with van der Waals surface area (Å²) in [5.41, 5.74) is 0.453. The van der Waals surface area contributed by atoms with Crippen molar-refractivity contribution in [2.24, 2.45) is 0 Å². The van der Waals surface area contributed by atoms with Crippen molar-refractivity contribution < 1.29 is 31.2 Å². The fraction of sp³-hybridized carbons (Fsp3) is 0.364. The van der Waals surface area contributed by atoms with Gasteiger partial charge in [-0.3, -0.25) is 9.59 Å². The summed E-state index contributed by atoms with van der Waals surface area (Å²) >= 11 is 5.88. The number of alkyl halides is 3. The van der Waals surface area contributed by atoms with Crippen molar-refractivity contribution in [3.05, 3.63) is 64.7 Å². The molecule has 2 amide bonds. The average Bonchev–Trinajstić information content (AvgIpc) is 3.00. The summed E-state index contributed by atoms with van der Waals surface area (Å²) in [6.45, 7) is -1.18. The zero-order chi connectivity index (χ0) is 24.9. The predicted octanol–water partition coefficient (Wildman–Crippen LogP) is 3.49. The summed E-state index contributed by atoms with van der Waals surface area (Å²) < 4.78 is 65.1. The highest BCUT2D eigenvalue weighted by Gasteiger charge is 2.36. The lowest BCUT2D eigenvalue weighted by Gasteiger charge is -2.29. The van der Waals surface area contributed by atoms with E-state index in [-0.39, 0.29) is 17.0 Å². The van der Waals surface area contributed by atoms with E-state index >= 15 is 0 Å². The number of benzene rings is 2. The lowest BCUT2D eigenvalue weighted by molar-refractivity contribution is -0.125. The van der Waals surface area contributed by atoms with Crippen LogP contribution in [0.1, 0.15) is 35.2 Å². The van der Waals surface area contributed by atoms with Crippen LogP contribution in [0.2, 0.25) is 5.02 Å². The van der Waals surface area contributed by atoms with Crippen molar-refractivity contribution in [2.45, 2.75) is 42.9 Å². The monoisotopic (exact) mass is 517 g/mol. The first kappa shape index (κ1) is 26.0. The second kappa shape index (κ2) is 10.7. The molecule has 1 aliphatic heterocycles. The van der Waals surface area contributed by atoms with Crippen LogP contribution in [0.15, 0.2) is 53.4 Å². The molecule has 184 valence electrons. The normalized spacial score (nSPS) is 17.2. The Morgan fingerprint density at radius 3 is 2.35 bits per heavy atom. The number of hydrogen-bond donors (Lipinski definition) is 2. The van der Waals surface area contributed by atoms with Gasteiger partial charge in [0, 0.05) is 23.7 Å². The number of carbonyl (C=O) groups excluding carboxylic acids is 2. The highest BCUT2D eigenvalue weighted by Crippen LogP contribution is 2.26. The molecule has 0 saturated carbocycles. The third-order valence-corrected chi connectivity index (χ3v) is 7.40. The molecule has 0 radical (unpaired) electrons. The number of carbonyl (C=O) groups is 2. The summed E-state index contributed by atoms with van der Waals surface area (Å²) in [5.74, 6) is -1.31. The summed E-state index contributed by atoms with van der Waals surface area (Å²) in [6.07, 6.45) is -2.84. The summed E-state index contributed by atoms with van der Waals surface area (Å²) in [5, 5.41) is 4.87. The zero-order valence-corrected chi connectivity index (χ0v) is 19.5. The number of nitrogens with one attached hydrogen (secondary N) is 2. The molecular formula is C22H23ClF3N3O4S. The Labute approximate surface area is 200 Å². The number of halogens is 4. The first-order chi connectivity index (χ1) is 16.0. The molecule has 0 aromatic heterocycles. The lowest BCUT2D eigenvalue weighted by atomic mass is 10.1. The van der Waals surface area contributed by atoms with E-state index in [4.69, 9.17) is 11.6 Å². The second-order valence-electron chi connectivity index (χ2n) is 7.80. The van der Waals surface area contributed by atoms with Crippen LogP contribution in [-0.2, 0) is 21.4 Å². The van der Waals surface area contributed by atoms with Gasteiger partial charge in [0.2, 0.25) is 15.9 Å². The Balaban J connectivity index is 1.87. The Hall–Kier alpha value is -2.63. The van der Waals surface area contributed by atoms with Gasteiger partial charge < -0.3 is 10.6 Å². The molecule has 34 heavy (non-hydrogen) atoms. The minimum atomic E-state index is -4.54. The van der Waals surface area contributed by atoms with Gasteiger partial charge in [-0.1, -0.05) is 23.7 Å². The van der Waals surface area contributed by atoms with Gasteiger partial charge in [0.05, 0.1) is 4.90 Å². The first-order valence-electron chi connectivity index (χ1n) is 10.5. The molecule has 3 rings (SSSR count). The molecule has 1 saturated heterocycles. The fourth-order valence-corrected chi connectivity index (χ4v) is 5.26. The largest absolute Gasteiger partial charge is 0.405 e. The van der Waals surface area contributed by atoms with Crippen LogP contribution in [0, 0.1) is 0 Å². The molecule has 0 bridgehead atoms. The average molecular weight is 518 g/mol. The van der Waals surface area contributed by atoms with E-state index in [9.17, 15) is 31.2 Å². The molecule has 2 aromatic rings. The van der Waals surface area contributed by atoms with E-state index in [0.29, 0.717) is 30.0 Å². The Bertz CT molecular complexity index is 1120. The van der Waals surface area contributed by atoms with Crippen LogP contribution in [-0.4, -0.2) is 49.8 Å². The smallest absolute Gasteiger partial charge is 0.355 e. The van der Waals surface area contributed by atoms with E-state index in [0.717, 1.165) is 10.7 Å². The van der Waals surface area contributed by atoms with E-state index < -0.39 is 40.6 Å². The van der Waals surface area contributed by atoms with Crippen molar-refractivity contribution in [3.63, 3.8) is 0 Å². The topological polar surface area (TPSA) is 95.6 Å². The minimum absolute atomic E-state index is 0.00711. The molecule has 12 heteroatoms. The van der Waals surface area contributed by atoms with Gasteiger partial charge in [-0.15, -0.1) is 0 Å². The van der Waals surface area contributed by atoms with Gasteiger partial charge in [0.15, 0.2) is 0 Å². The quantitative estimate of drug-likeness (QED) is 0.587. The first-order valence-corrected chi connectivity index (χ1v) is 12.3. The molecule has 0 unspecified atom stereocenters. The maximum atomic E-state index is 13.5.